The van der Waals surface area contributed by atoms with Gasteiger partial charge in [0.25, 0.3) is 0 Å². The second-order valence-electron chi connectivity index (χ2n) is 15.1. The maximum Gasteiger partial charge on any atom is 0.201 e. The van der Waals surface area contributed by atoms with Crippen LogP contribution in [-0.4, -0.2) is 22.2 Å². The van der Waals surface area contributed by atoms with Gasteiger partial charge in [-0.2, -0.15) is 0 Å². The van der Waals surface area contributed by atoms with Gasteiger partial charge >= 0.3 is 0 Å². The fraction of sp³-hybridized carbons (Fsp3) is 0. The molecule has 58 heavy (non-hydrogen) atoms. The molecule has 8 aromatic carbocycles. The Morgan fingerprint density at radius 2 is 0.828 bits per heavy atom. The molecule has 0 spiro atoms. The number of aromatic nitrogens is 3. The summed E-state index contributed by atoms with van der Waals surface area (Å²) in [5.74, 6) is 0. The molecule has 12 rings (SSSR count). The van der Waals surface area contributed by atoms with Crippen LogP contribution in [0.1, 0.15) is 0 Å². The van der Waals surface area contributed by atoms with E-state index in [1.165, 1.54) is 48.1 Å². The van der Waals surface area contributed by atoms with Gasteiger partial charge in [0.05, 0.1) is 27.8 Å². The van der Waals surface area contributed by atoms with Crippen molar-refractivity contribution in [3.8, 4) is 11.4 Å². The third kappa shape index (κ3) is 4.65. The van der Waals surface area contributed by atoms with Gasteiger partial charge in [-0.15, -0.1) is 0 Å². The quantitative estimate of drug-likeness (QED) is 0.125. The Labute approximate surface area is 335 Å². The SMILES string of the molecule is c1ccc([Si](c2ccccc2)(c2ccccc2)c2cc(-n3c4ccccc4c4cc(-n5c6ccccc6c6ccccc65)ccc43)c3oc4ccccc4c3n2)cc1. The summed E-state index contributed by atoms with van der Waals surface area (Å²) in [6.07, 6.45) is 0. The van der Waals surface area contributed by atoms with E-state index in [0.29, 0.717) is 0 Å². The molecule has 4 aromatic heterocycles. The first kappa shape index (κ1) is 32.7. The fourth-order valence-corrected chi connectivity index (χ4v) is 14.2. The summed E-state index contributed by atoms with van der Waals surface area (Å²) < 4.78 is 11.7. The summed E-state index contributed by atoms with van der Waals surface area (Å²) in [5.41, 5.74) is 9.18. The Balaban J connectivity index is 1.21. The van der Waals surface area contributed by atoms with Crippen LogP contribution in [0.4, 0.5) is 0 Å². The Morgan fingerprint density at radius 3 is 1.40 bits per heavy atom. The molecule has 0 radical (unpaired) electrons. The molecule has 0 saturated heterocycles. The number of pyridine rings is 1. The molecule has 0 amide bonds. The first-order valence-electron chi connectivity index (χ1n) is 19.8. The number of furan rings is 1. The second kappa shape index (κ2) is 12.8. The van der Waals surface area contributed by atoms with Crippen molar-refractivity contribution < 1.29 is 4.42 Å². The molecule has 4 heterocycles. The van der Waals surface area contributed by atoms with Crippen molar-refractivity contribution in [1.29, 1.82) is 0 Å². The third-order valence-electron chi connectivity index (χ3n) is 12.0. The lowest BCUT2D eigenvalue weighted by molar-refractivity contribution is 0.665. The molecule has 0 atom stereocenters. The summed E-state index contributed by atoms with van der Waals surface area (Å²) in [6.45, 7) is 0. The topological polar surface area (TPSA) is 35.9 Å². The molecule has 0 saturated carbocycles. The van der Waals surface area contributed by atoms with Crippen LogP contribution in [0.2, 0.25) is 0 Å². The molecule has 0 aliphatic rings. The molecule has 0 unspecified atom stereocenters. The van der Waals surface area contributed by atoms with Crippen LogP contribution in [0.5, 0.6) is 0 Å². The summed E-state index contributed by atoms with van der Waals surface area (Å²) in [6, 6.07) is 76.8. The monoisotopic (exact) mass is 757 g/mol. The van der Waals surface area contributed by atoms with E-state index in [-0.39, 0.29) is 0 Å². The van der Waals surface area contributed by atoms with Gasteiger partial charge in [0.1, 0.15) is 11.1 Å². The number of hydrogen-bond acceptors (Lipinski definition) is 2. The molecule has 0 fully saturated rings. The summed E-state index contributed by atoms with van der Waals surface area (Å²) in [7, 11) is -3.02. The summed E-state index contributed by atoms with van der Waals surface area (Å²) in [5, 5.41) is 10.7. The maximum absolute atomic E-state index is 6.90. The standard InChI is InChI=1S/C53H35N3OSi/c1-4-18-37(19-5-1)58(38-20-6-2-7-21-38,39-22-8-3-9-23-39)51-35-49(53-52(54-51)43-27-13-17-31-50(43)57-53)56-47-30-16-12-26-42(47)44-34-36(32-33-48(44)56)55-45-28-14-10-24-40(45)41-25-11-15-29-46(41)55/h1-35H. The summed E-state index contributed by atoms with van der Waals surface area (Å²) in [4.78, 5) is 5.75. The molecule has 0 bridgehead atoms. The molecule has 0 N–H and O–H groups in total. The zero-order valence-corrected chi connectivity index (χ0v) is 32.5. The van der Waals surface area contributed by atoms with E-state index >= 15 is 0 Å². The number of hydrogen-bond donors (Lipinski definition) is 0. The van der Waals surface area contributed by atoms with Crippen molar-refractivity contribution in [1.82, 2.24) is 14.1 Å². The van der Waals surface area contributed by atoms with E-state index in [1.54, 1.807) is 0 Å². The number of rotatable bonds is 6. The third-order valence-corrected chi connectivity index (χ3v) is 16.7. The van der Waals surface area contributed by atoms with Crippen molar-refractivity contribution in [2.75, 3.05) is 0 Å². The molecule has 0 aliphatic carbocycles. The minimum absolute atomic E-state index is 0.774. The maximum atomic E-state index is 6.90. The molecule has 4 nitrogen and oxygen atoms in total. The molecule has 12 aromatic rings. The Kier molecular flexibility index (Phi) is 7.21. The predicted molar refractivity (Wildman–Crippen MR) is 244 cm³/mol. The molecule has 0 aliphatic heterocycles. The average molecular weight is 758 g/mol. The number of para-hydroxylation sites is 4. The first-order chi connectivity index (χ1) is 28.8. The van der Waals surface area contributed by atoms with Crippen LogP contribution in [0.15, 0.2) is 217 Å². The largest absolute Gasteiger partial charge is 0.452 e. The highest BCUT2D eigenvalue weighted by molar-refractivity contribution is 7.19. The van der Waals surface area contributed by atoms with Gasteiger partial charge < -0.3 is 13.6 Å². The van der Waals surface area contributed by atoms with Crippen molar-refractivity contribution in [3.05, 3.63) is 212 Å². The average Bonchev–Trinajstić information content (AvgIpc) is 3.95. The van der Waals surface area contributed by atoms with Crippen LogP contribution in [0.3, 0.4) is 0 Å². The van der Waals surface area contributed by atoms with E-state index in [9.17, 15) is 0 Å². The summed E-state index contributed by atoms with van der Waals surface area (Å²) >= 11 is 0. The van der Waals surface area contributed by atoms with Crippen LogP contribution < -0.4 is 20.9 Å². The lowest BCUT2D eigenvalue weighted by Gasteiger charge is -2.33. The van der Waals surface area contributed by atoms with Crippen molar-refractivity contribution >= 4 is 94.6 Å². The smallest absolute Gasteiger partial charge is 0.201 e. The first-order valence-corrected chi connectivity index (χ1v) is 21.8. The lowest BCUT2D eigenvalue weighted by atomic mass is 10.1. The number of benzene rings is 8. The molecular weight excluding hydrogens is 723 g/mol. The van der Waals surface area contributed by atoms with Crippen LogP contribution in [0, 0.1) is 0 Å². The fourth-order valence-electron chi connectivity index (χ4n) is 9.59. The van der Waals surface area contributed by atoms with E-state index in [0.717, 1.165) is 49.8 Å². The minimum Gasteiger partial charge on any atom is -0.452 e. The van der Waals surface area contributed by atoms with E-state index in [4.69, 9.17) is 9.40 Å². The molecule has 272 valence electrons. The van der Waals surface area contributed by atoms with Gasteiger partial charge in [-0.3, -0.25) is 4.98 Å². The second-order valence-corrected chi connectivity index (χ2v) is 18.8. The van der Waals surface area contributed by atoms with E-state index < -0.39 is 8.07 Å². The minimum atomic E-state index is -3.02. The highest BCUT2D eigenvalue weighted by atomic mass is 28.3. The van der Waals surface area contributed by atoms with Crippen LogP contribution >= 0.6 is 0 Å². The van der Waals surface area contributed by atoms with Gasteiger partial charge in [-0.25, -0.2) is 0 Å². The molecule has 5 heteroatoms. The lowest BCUT2D eigenvalue weighted by Crippen LogP contribution is -2.75. The number of fused-ring (bicyclic) bond motifs is 9. The van der Waals surface area contributed by atoms with Gasteiger partial charge in [-0.05, 0) is 70.2 Å². The molecular formula is C53H35N3OSi. The Morgan fingerprint density at radius 1 is 0.379 bits per heavy atom. The van der Waals surface area contributed by atoms with E-state index in [2.05, 4.69) is 215 Å². The van der Waals surface area contributed by atoms with E-state index in [1.807, 2.05) is 6.07 Å². The van der Waals surface area contributed by atoms with Crippen molar-refractivity contribution in [2.45, 2.75) is 0 Å². The van der Waals surface area contributed by atoms with Crippen LogP contribution in [-0.2, 0) is 0 Å². The predicted octanol–water partition coefficient (Wildman–Crippen LogP) is 10.6. The van der Waals surface area contributed by atoms with Gasteiger partial charge in [-0.1, -0.05) is 158 Å². The highest BCUT2D eigenvalue weighted by Crippen LogP contribution is 2.39. The number of nitrogens with zero attached hydrogens (tertiary/aromatic N) is 3. The zero-order chi connectivity index (χ0) is 38.2. The van der Waals surface area contributed by atoms with Gasteiger partial charge in [0.2, 0.25) is 8.07 Å². The van der Waals surface area contributed by atoms with Gasteiger partial charge in [0.15, 0.2) is 5.58 Å². The zero-order valence-electron chi connectivity index (χ0n) is 31.5. The van der Waals surface area contributed by atoms with Crippen molar-refractivity contribution in [3.63, 3.8) is 0 Å². The highest BCUT2D eigenvalue weighted by Gasteiger charge is 2.44. The Hall–Kier alpha value is -7.47. The van der Waals surface area contributed by atoms with Crippen LogP contribution in [0.25, 0.3) is 77.1 Å². The van der Waals surface area contributed by atoms with Gasteiger partial charge in [0, 0.05) is 37.9 Å². The Bertz CT molecular complexity index is 3360. The van der Waals surface area contributed by atoms with Crippen molar-refractivity contribution in [2.24, 2.45) is 0 Å². The normalized spacial score (nSPS) is 12.1.